The van der Waals surface area contributed by atoms with E-state index in [1.54, 1.807) is 18.2 Å². The largest absolute Gasteiger partial charge is 0.334 e. The number of benzene rings is 1. The van der Waals surface area contributed by atoms with Gasteiger partial charge in [0.1, 0.15) is 0 Å². The first kappa shape index (κ1) is 14.4. The molecule has 0 radical (unpaired) electrons. The first-order chi connectivity index (χ1) is 9.08. The van der Waals surface area contributed by atoms with Gasteiger partial charge in [-0.3, -0.25) is 0 Å². The summed E-state index contributed by atoms with van der Waals surface area (Å²) in [5, 5.41) is 4.02. The number of rotatable bonds is 2. The molecule has 1 heterocycles. The van der Waals surface area contributed by atoms with Gasteiger partial charge >= 0.3 is 6.03 Å². The van der Waals surface area contributed by atoms with Gasteiger partial charge in [-0.1, -0.05) is 29.3 Å². The Hall–Kier alpha value is -0.970. The maximum absolute atomic E-state index is 12.0. The molecule has 0 bridgehead atoms. The number of carbonyl (C=O) groups excluding carboxylic acids is 1. The zero-order chi connectivity index (χ0) is 13.8. The average Bonchev–Trinajstić information content (AvgIpc) is 2.38. The summed E-state index contributed by atoms with van der Waals surface area (Å²) in [6.07, 6.45) is 0. The van der Waals surface area contributed by atoms with E-state index in [4.69, 9.17) is 23.2 Å². The molecule has 0 unspecified atom stereocenters. The Balaban J connectivity index is 1.90. The van der Waals surface area contributed by atoms with Crippen molar-refractivity contribution in [3.05, 3.63) is 33.8 Å². The van der Waals surface area contributed by atoms with Gasteiger partial charge in [0, 0.05) is 48.3 Å². The number of hydrogen-bond donors (Lipinski definition) is 1. The molecular weight excluding hydrogens is 285 g/mol. The van der Waals surface area contributed by atoms with Gasteiger partial charge in [-0.15, -0.1) is 0 Å². The molecule has 2 amide bonds. The standard InChI is InChI=1S/C13H17Cl2N3O/c1-17-5-7-18(8-6-17)13(19)16-9-10-11(14)3-2-4-12(10)15/h2-4H,5-9H2,1H3,(H,16,19). The average molecular weight is 302 g/mol. The molecule has 6 heteroatoms. The van der Waals surface area contributed by atoms with Crippen LogP contribution in [0.3, 0.4) is 0 Å². The van der Waals surface area contributed by atoms with Crippen LogP contribution in [0.1, 0.15) is 5.56 Å². The topological polar surface area (TPSA) is 35.6 Å². The van der Waals surface area contributed by atoms with Crippen molar-refractivity contribution >= 4 is 29.2 Å². The van der Waals surface area contributed by atoms with Gasteiger partial charge in [0.2, 0.25) is 0 Å². The lowest BCUT2D eigenvalue weighted by Crippen LogP contribution is -2.50. The molecule has 0 spiro atoms. The molecule has 1 aromatic rings. The molecule has 0 aromatic heterocycles. The van der Waals surface area contributed by atoms with Gasteiger partial charge in [-0.25, -0.2) is 4.79 Å². The van der Waals surface area contributed by atoms with Gasteiger partial charge in [-0.05, 0) is 19.2 Å². The Bertz CT molecular complexity index is 439. The van der Waals surface area contributed by atoms with Crippen LogP contribution in [0.2, 0.25) is 10.0 Å². The highest BCUT2D eigenvalue weighted by Gasteiger charge is 2.19. The maximum atomic E-state index is 12.0. The van der Waals surface area contributed by atoms with Crippen molar-refractivity contribution in [1.82, 2.24) is 15.1 Å². The number of nitrogens with zero attached hydrogens (tertiary/aromatic N) is 2. The molecule has 19 heavy (non-hydrogen) atoms. The zero-order valence-corrected chi connectivity index (χ0v) is 12.3. The van der Waals surface area contributed by atoms with Crippen LogP contribution in [0.25, 0.3) is 0 Å². The molecule has 1 N–H and O–H groups in total. The molecule has 1 aliphatic heterocycles. The van der Waals surface area contributed by atoms with E-state index in [-0.39, 0.29) is 6.03 Å². The lowest BCUT2D eigenvalue weighted by Gasteiger charge is -2.32. The van der Waals surface area contributed by atoms with Crippen molar-refractivity contribution in [3.63, 3.8) is 0 Å². The summed E-state index contributed by atoms with van der Waals surface area (Å²) in [5.74, 6) is 0. The minimum Gasteiger partial charge on any atom is -0.334 e. The fraction of sp³-hybridized carbons (Fsp3) is 0.462. The summed E-state index contributed by atoms with van der Waals surface area (Å²) in [6, 6.07) is 5.26. The predicted octanol–water partition coefficient (Wildman–Crippen LogP) is 2.45. The minimum absolute atomic E-state index is 0.0657. The second-order valence-corrected chi connectivity index (χ2v) is 5.46. The number of likely N-dealkylation sites (N-methyl/N-ethyl adjacent to an activating group) is 1. The van der Waals surface area contributed by atoms with Gasteiger partial charge in [-0.2, -0.15) is 0 Å². The highest BCUT2D eigenvalue weighted by molar-refractivity contribution is 6.36. The van der Waals surface area contributed by atoms with Crippen LogP contribution in [-0.2, 0) is 6.54 Å². The van der Waals surface area contributed by atoms with Crippen molar-refractivity contribution in [3.8, 4) is 0 Å². The number of urea groups is 1. The van der Waals surface area contributed by atoms with Crippen LogP contribution in [-0.4, -0.2) is 49.1 Å². The molecule has 1 saturated heterocycles. The van der Waals surface area contributed by atoms with Gasteiger partial charge in [0.05, 0.1) is 0 Å². The first-order valence-corrected chi connectivity index (χ1v) is 6.97. The smallest absolute Gasteiger partial charge is 0.317 e. The number of nitrogens with one attached hydrogen (secondary N) is 1. The zero-order valence-electron chi connectivity index (χ0n) is 10.8. The van der Waals surface area contributed by atoms with Crippen LogP contribution in [0.4, 0.5) is 4.79 Å². The van der Waals surface area contributed by atoms with Crippen molar-refractivity contribution in [2.75, 3.05) is 33.2 Å². The molecular formula is C13H17Cl2N3O. The summed E-state index contributed by atoms with van der Waals surface area (Å²) in [4.78, 5) is 16.0. The Kier molecular flexibility index (Phi) is 4.91. The Morgan fingerprint density at radius 1 is 1.21 bits per heavy atom. The molecule has 0 saturated carbocycles. The monoisotopic (exact) mass is 301 g/mol. The molecule has 1 aliphatic rings. The van der Waals surface area contributed by atoms with Crippen LogP contribution < -0.4 is 5.32 Å². The molecule has 2 rings (SSSR count). The van der Waals surface area contributed by atoms with Gasteiger partial charge < -0.3 is 15.1 Å². The predicted molar refractivity (Wildman–Crippen MR) is 77.8 cm³/mol. The normalized spacial score (nSPS) is 16.5. The van der Waals surface area contributed by atoms with Crippen LogP contribution >= 0.6 is 23.2 Å². The van der Waals surface area contributed by atoms with Crippen LogP contribution in [0.5, 0.6) is 0 Å². The van der Waals surface area contributed by atoms with Crippen molar-refractivity contribution in [2.24, 2.45) is 0 Å². The summed E-state index contributed by atoms with van der Waals surface area (Å²) < 4.78 is 0. The molecule has 0 aliphatic carbocycles. The Morgan fingerprint density at radius 2 is 1.79 bits per heavy atom. The lowest BCUT2D eigenvalue weighted by molar-refractivity contribution is 0.154. The number of carbonyl (C=O) groups is 1. The molecule has 0 atom stereocenters. The highest BCUT2D eigenvalue weighted by atomic mass is 35.5. The van der Waals surface area contributed by atoms with Crippen molar-refractivity contribution < 1.29 is 4.79 Å². The summed E-state index contributed by atoms with van der Waals surface area (Å²) in [6.45, 7) is 3.65. The van der Waals surface area contributed by atoms with Crippen molar-refractivity contribution in [1.29, 1.82) is 0 Å². The van der Waals surface area contributed by atoms with Crippen LogP contribution in [0, 0.1) is 0 Å². The molecule has 4 nitrogen and oxygen atoms in total. The van der Waals surface area contributed by atoms with E-state index in [2.05, 4.69) is 17.3 Å². The number of piperazine rings is 1. The maximum Gasteiger partial charge on any atom is 0.317 e. The third-order valence-electron chi connectivity index (χ3n) is 3.27. The van der Waals surface area contributed by atoms with E-state index in [9.17, 15) is 4.79 Å². The van der Waals surface area contributed by atoms with E-state index in [0.29, 0.717) is 16.6 Å². The van der Waals surface area contributed by atoms with Crippen molar-refractivity contribution in [2.45, 2.75) is 6.54 Å². The summed E-state index contributed by atoms with van der Waals surface area (Å²) >= 11 is 12.1. The Labute approximate surface area is 123 Å². The third kappa shape index (κ3) is 3.75. The number of amides is 2. The van der Waals surface area contributed by atoms with E-state index in [0.717, 1.165) is 31.7 Å². The third-order valence-corrected chi connectivity index (χ3v) is 3.98. The minimum atomic E-state index is -0.0657. The van der Waals surface area contributed by atoms with Crippen LogP contribution in [0.15, 0.2) is 18.2 Å². The fourth-order valence-electron chi connectivity index (χ4n) is 1.99. The van der Waals surface area contributed by atoms with E-state index in [1.165, 1.54) is 0 Å². The van der Waals surface area contributed by atoms with E-state index >= 15 is 0 Å². The summed E-state index contributed by atoms with van der Waals surface area (Å²) in [5.41, 5.74) is 0.758. The SMILES string of the molecule is CN1CCN(C(=O)NCc2c(Cl)cccc2Cl)CC1. The lowest BCUT2D eigenvalue weighted by atomic mass is 10.2. The second kappa shape index (κ2) is 6.46. The fourth-order valence-corrected chi connectivity index (χ4v) is 2.52. The number of halogens is 2. The molecule has 1 aromatic carbocycles. The number of hydrogen-bond acceptors (Lipinski definition) is 2. The highest BCUT2D eigenvalue weighted by Crippen LogP contribution is 2.23. The van der Waals surface area contributed by atoms with E-state index < -0.39 is 0 Å². The molecule has 104 valence electrons. The summed E-state index contributed by atoms with van der Waals surface area (Å²) in [7, 11) is 2.05. The van der Waals surface area contributed by atoms with Gasteiger partial charge in [0.15, 0.2) is 0 Å². The second-order valence-electron chi connectivity index (χ2n) is 4.65. The molecule has 1 fully saturated rings. The first-order valence-electron chi connectivity index (χ1n) is 6.22. The quantitative estimate of drug-likeness (QED) is 0.911. The van der Waals surface area contributed by atoms with Gasteiger partial charge in [0.25, 0.3) is 0 Å². The Morgan fingerprint density at radius 3 is 2.37 bits per heavy atom. The van der Waals surface area contributed by atoms with E-state index in [1.807, 2.05) is 4.90 Å².